The Labute approximate surface area is 80.6 Å². The van der Waals surface area contributed by atoms with Gasteiger partial charge in [-0.1, -0.05) is 13.0 Å². The third-order valence-corrected chi connectivity index (χ3v) is 2.04. The van der Waals surface area contributed by atoms with E-state index in [1.54, 1.807) is 7.05 Å². The van der Waals surface area contributed by atoms with Crippen LogP contribution in [0.2, 0.25) is 0 Å². The molecule has 0 aliphatic rings. The SMILES string of the molecule is C=CCCC(CC)NCC(=O)NC. The maximum absolute atomic E-state index is 10.9. The summed E-state index contributed by atoms with van der Waals surface area (Å²) in [6.45, 7) is 6.20. The van der Waals surface area contributed by atoms with Gasteiger partial charge in [-0.15, -0.1) is 6.58 Å². The molecule has 1 atom stereocenters. The fourth-order valence-electron chi connectivity index (χ4n) is 1.09. The number of rotatable bonds is 7. The molecule has 3 nitrogen and oxygen atoms in total. The number of amides is 1. The minimum Gasteiger partial charge on any atom is -0.358 e. The number of carbonyl (C=O) groups excluding carboxylic acids is 1. The van der Waals surface area contributed by atoms with Crippen LogP contribution >= 0.6 is 0 Å². The van der Waals surface area contributed by atoms with E-state index < -0.39 is 0 Å². The van der Waals surface area contributed by atoms with E-state index in [1.165, 1.54) is 0 Å². The lowest BCUT2D eigenvalue weighted by molar-refractivity contribution is -0.119. The van der Waals surface area contributed by atoms with Gasteiger partial charge in [0.05, 0.1) is 6.54 Å². The van der Waals surface area contributed by atoms with Crippen molar-refractivity contribution < 1.29 is 4.79 Å². The highest BCUT2D eigenvalue weighted by molar-refractivity contribution is 5.77. The molecule has 0 aliphatic carbocycles. The third kappa shape index (κ3) is 6.34. The fraction of sp³-hybridized carbons (Fsp3) is 0.700. The molecule has 3 heteroatoms. The zero-order valence-corrected chi connectivity index (χ0v) is 8.60. The molecule has 0 radical (unpaired) electrons. The summed E-state index contributed by atoms with van der Waals surface area (Å²) in [7, 11) is 1.65. The van der Waals surface area contributed by atoms with E-state index in [-0.39, 0.29) is 5.91 Å². The molecular formula is C10H20N2O. The predicted octanol–water partition coefficient (Wildman–Crippen LogP) is 1.07. The van der Waals surface area contributed by atoms with Crippen LogP contribution in [0.25, 0.3) is 0 Å². The number of nitrogens with one attached hydrogen (secondary N) is 2. The van der Waals surface area contributed by atoms with Crippen LogP contribution in [0.15, 0.2) is 12.7 Å². The normalized spacial score (nSPS) is 12.2. The summed E-state index contributed by atoms with van der Waals surface area (Å²) in [6.07, 6.45) is 5.01. The molecule has 0 fully saturated rings. The lowest BCUT2D eigenvalue weighted by Gasteiger charge is -2.14. The first kappa shape index (κ1) is 12.2. The zero-order chi connectivity index (χ0) is 10.1. The minimum absolute atomic E-state index is 0.0389. The van der Waals surface area contributed by atoms with Crippen molar-refractivity contribution in [2.45, 2.75) is 32.2 Å². The Morgan fingerprint density at radius 1 is 1.62 bits per heavy atom. The van der Waals surface area contributed by atoms with E-state index in [0.717, 1.165) is 19.3 Å². The van der Waals surface area contributed by atoms with Crippen molar-refractivity contribution in [1.82, 2.24) is 10.6 Å². The van der Waals surface area contributed by atoms with Crippen molar-refractivity contribution in [3.05, 3.63) is 12.7 Å². The number of hydrogen-bond acceptors (Lipinski definition) is 2. The molecule has 0 heterocycles. The monoisotopic (exact) mass is 184 g/mol. The molecule has 0 aromatic rings. The van der Waals surface area contributed by atoms with E-state index in [0.29, 0.717) is 12.6 Å². The molecule has 76 valence electrons. The largest absolute Gasteiger partial charge is 0.358 e. The molecule has 0 saturated carbocycles. The Morgan fingerprint density at radius 2 is 2.31 bits per heavy atom. The lowest BCUT2D eigenvalue weighted by Crippen LogP contribution is -2.37. The van der Waals surface area contributed by atoms with E-state index in [1.807, 2.05) is 6.08 Å². The molecule has 0 saturated heterocycles. The standard InChI is InChI=1S/C10H20N2O/c1-4-6-7-9(5-2)12-8-10(13)11-3/h4,9,12H,1,5-8H2,2-3H3,(H,11,13). The highest BCUT2D eigenvalue weighted by Gasteiger charge is 2.05. The van der Waals surface area contributed by atoms with Crippen LogP contribution in [-0.2, 0) is 4.79 Å². The molecule has 0 aromatic carbocycles. The van der Waals surface area contributed by atoms with Crippen molar-refractivity contribution >= 4 is 5.91 Å². The Balaban J connectivity index is 3.58. The summed E-state index contributed by atoms with van der Waals surface area (Å²) in [4.78, 5) is 10.9. The second-order valence-electron chi connectivity index (χ2n) is 3.03. The van der Waals surface area contributed by atoms with Crippen LogP contribution in [-0.4, -0.2) is 25.5 Å². The summed E-state index contributed by atoms with van der Waals surface area (Å²) in [5.74, 6) is 0.0389. The van der Waals surface area contributed by atoms with Gasteiger partial charge in [-0.25, -0.2) is 0 Å². The number of likely N-dealkylation sites (N-methyl/N-ethyl adjacent to an activating group) is 1. The molecule has 1 unspecified atom stereocenters. The fourth-order valence-corrected chi connectivity index (χ4v) is 1.09. The number of allylic oxidation sites excluding steroid dienone is 1. The highest BCUT2D eigenvalue weighted by atomic mass is 16.1. The van der Waals surface area contributed by atoms with Crippen LogP contribution < -0.4 is 10.6 Å². The molecule has 0 rings (SSSR count). The second kappa shape index (κ2) is 7.80. The van der Waals surface area contributed by atoms with Crippen LogP contribution in [0, 0.1) is 0 Å². The number of hydrogen-bond donors (Lipinski definition) is 2. The van der Waals surface area contributed by atoms with Gasteiger partial charge >= 0.3 is 0 Å². The molecule has 0 aromatic heterocycles. The highest BCUT2D eigenvalue weighted by Crippen LogP contribution is 2.01. The predicted molar refractivity (Wildman–Crippen MR) is 55.6 cm³/mol. The first-order valence-electron chi connectivity index (χ1n) is 4.79. The molecule has 0 spiro atoms. The van der Waals surface area contributed by atoms with Gasteiger partial charge in [0.25, 0.3) is 0 Å². The van der Waals surface area contributed by atoms with Crippen molar-refractivity contribution in [2.24, 2.45) is 0 Å². The van der Waals surface area contributed by atoms with Gasteiger partial charge in [0.2, 0.25) is 5.91 Å². The molecule has 2 N–H and O–H groups in total. The Morgan fingerprint density at radius 3 is 2.77 bits per heavy atom. The van der Waals surface area contributed by atoms with Gasteiger partial charge < -0.3 is 10.6 Å². The van der Waals surface area contributed by atoms with Gasteiger partial charge in [0.15, 0.2) is 0 Å². The number of carbonyl (C=O) groups is 1. The van der Waals surface area contributed by atoms with Crippen LogP contribution in [0.4, 0.5) is 0 Å². The first-order chi connectivity index (χ1) is 6.24. The summed E-state index contributed by atoms with van der Waals surface area (Å²) < 4.78 is 0. The van der Waals surface area contributed by atoms with Crippen molar-refractivity contribution in [3.8, 4) is 0 Å². The smallest absolute Gasteiger partial charge is 0.233 e. The summed E-state index contributed by atoms with van der Waals surface area (Å²) in [5, 5.41) is 5.77. The van der Waals surface area contributed by atoms with E-state index in [9.17, 15) is 4.79 Å². The zero-order valence-electron chi connectivity index (χ0n) is 8.60. The van der Waals surface area contributed by atoms with Gasteiger partial charge in [0.1, 0.15) is 0 Å². The van der Waals surface area contributed by atoms with Crippen LogP contribution in [0.1, 0.15) is 26.2 Å². The summed E-state index contributed by atoms with van der Waals surface area (Å²) in [5.41, 5.74) is 0. The van der Waals surface area contributed by atoms with Crippen molar-refractivity contribution in [3.63, 3.8) is 0 Å². The Bertz CT molecular complexity index is 157. The molecule has 13 heavy (non-hydrogen) atoms. The summed E-state index contributed by atoms with van der Waals surface area (Å²) in [6, 6.07) is 0.426. The topological polar surface area (TPSA) is 41.1 Å². The lowest BCUT2D eigenvalue weighted by atomic mass is 10.1. The van der Waals surface area contributed by atoms with Crippen LogP contribution in [0.5, 0.6) is 0 Å². The Kier molecular flexibility index (Phi) is 7.30. The second-order valence-corrected chi connectivity index (χ2v) is 3.03. The summed E-state index contributed by atoms with van der Waals surface area (Å²) >= 11 is 0. The minimum atomic E-state index is 0.0389. The van der Waals surface area contributed by atoms with Crippen molar-refractivity contribution in [1.29, 1.82) is 0 Å². The molecule has 0 aliphatic heterocycles. The average Bonchev–Trinajstić information content (AvgIpc) is 2.17. The molecule has 1 amide bonds. The van der Waals surface area contributed by atoms with Crippen molar-refractivity contribution in [2.75, 3.05) is 13.6 Å². The maximum atomic E-state index is 10.9. The van der Waals surface area contributed by atoms with Gasteiger partial charge in [-0.05, 0) is 19.3 Å². The van der Waals surface area contributed by atoms with Gasteiger partial charge in [-0.3, -0.25) is 4.79 Å². The Hall–Kier alpha value is -0.830. The van der Waals surface area contributed by atoms with Crippen LogP contribution in [0.3, 0.4) is 0 Å². The average molecular weight is 184 g/mol. The quantitative estimate of drug-likeness (QED) is 0.581. The third-order valence-electron chi connectivity index (χ3n) is 2.04. The van der Waals surface area contributed by atoms with Gasteiger partial charge in [-0.2, -0.15) is 0 Å². The van der Waals surface area contributed by atoms with E-state index in [4.69, 9.17) is 0 Å². The maximum Gasteiger partial charge on any atom is 0.233 e. The van der Waals surface area contributed by atoms with E-state index >= 15 is 0 Å². The first-order valence-corrected chi connectivity index (χ1v) is 4.79. The van der Waals surface area contributed by atoms with Gasteiger partial charge in [0, 0.05) is 13.1 Å². The molecule has 0 bridgehead atoms. The molecular weight excluding hydrogens is 164 g/mol. The van der Waals surface area contributed by atoms with E-state index in [2.05, 4.69) is 24.1 Å².